The molecule has 0 unspecified atom stereocenters. The van der Waals surface area contributed by atoms with E-state index in [0.29, 0.717) is 5.88 Å². The van der Waals surface area contributed by atoms with Gasteiger partial charge in [0.2, 0.25) is 0 Å². The van der Waals surface area contributed by atoms with E-state index >= 15 is 0 Å². The molecule has 0 amide bonds. The molecule has 4 nitrogen and oxygen atoms in total. The number of nitrogens with one attached hydrogen (secondary N) is 1. The van der Waals surface area contributed by atoms with E-state index in [9.17, 15) is 0 Å². The summed E-state index contributed by atoms with van der Waals surface area (Å²) in [4.78, 5) is 3.30. The molecule has 0 bridgehead atoms. The van der Waals surface area contributed by atoms with Crippen LogP contribution in [0.3, 0.4) is 0 Å². The lowest BCUT2D eigenvalue weighted by Gasteiger charge is -2.00. The molecule has 1 aromatic carbocycles. The van der Waals surface area contributed by atoms with Crippen LogP contribution in [0.15, 0.2) is 36.5 Å². The van der Waals surface area contributed by atoms with Crippen molar-refractivity contribution < 1.29 is 0 Å². The first-order valence-electron chi connectivity index (χ1n) is 5.20. The minimum absolute atomic E-state index is 0.368. The number of H-pyrrole nitrogens is 1. The number of aromatic amines is 1. The molecule has 2 aromatic heterocycles. The number of nitrogens with zero attached hydrogens (tertiary/aromatic N) is 3. The summed E-state index contributed by atoms with van der Waals surface area (Å²) in [7, 11) is 0. The van der Waals surface area contributed by atoms with Crippen LogP contribution in [0.5, 0.6) is 0 Å². The highest BCUT2D eigenvalue weighted by atomic mass is 35.5. The third-order valence-corrected chi connectivity index (χ3v) is 2.93. The van der Waals surface area contributed by atoms with Crippen LogP contribution < -0.4 is 0 Å². The van der Waals surface area contributed by atoms with Crippen LogP contribution in [-0.2, 0) is 5.88 Å². The van der Waals surface area contributed by atoms with Gasteiger partial charge in [-0.05, 0) is 17.3 Å². The van der Waals surface area contributed by atoms with Crippen molar-refractivity contribution in [3.63, 3.8) is 0 Å². The first-order chi connectivity index (χ1) is 8.38. The summed E-state index contributed by atoms with van der Waals surface area (Å²) >= 11 is 5.86. The Morgan fingerprint density at radius 1 is 1.24 bits per heavy atom. The Hall–Kier alpha value is -1.94. The molecule has 0 spiro atoms. The largest absolute Gasteiger partial charge is 0.353 e. The Morgan fingerprint density at radius 2 is 2.12 bits per heavy atom. The fourth-order valence-corrected chi connectivity index (χ4v) is 2.01. The van der Waals surface area contributed by atoms with E-state index in [-0.39, 0.29) is 0 Å². The maximum Gasteiger partial charge on any atom is 0.117 e. The van der Waals surface area contributed by atoms with E-state index in [4.69, 9.17) is 11.6 Å². The molecule has 17 heavy (non-hydrogen) atoms. The first-order valence-corrected chi connectivity index (χ1v) is 5.73. The van der Waals surface area contributed by atoms with Gasteiger partial charge in [-0.15, -0.1) is 21.8 Å². The number of hydrogen-bond donors (Lipinski definition) is 1. The minimum atomic E-state index is 0.368. The number of rotatable bonds is 2. The van der Waals surface area contributed by atoms with E-state index in [1.54, 1.807) is 6.20 Å². The van der Waals surface area contributed by atoms with Gasteiger partial charge >= 0.3 is 0 Å². The normalized spacial score (nSPS) is 10.9. The highest BCUT2D eigenvalue weighted by Crippen LogP contribution is 2.24. The van der Waals surface area contributed by atoms with Crippen LogP contribution in [0.1, 0.15) is 5.56 Å². The van der Waals surface area contributed by atoms with Crippen molar-refractivity contribution >= 4 is 22.5 Å². The van der Waals surface area contributed by atoms with Crippen molar-refractivity contribution in [3.05, 3.63) is 42.1 Å². The van der Waals surface area contributed by atoms with Crippen molar-refractivity contribution in [1.82, 2.24) is 20.4 Å². The number of aromatic nitrogens is 4. The third kappa shape index (κ3) is 1.76. The molecule has 1 N–H and O–H groups in total. The molecule has 0 atom stereocenters. The molecule has 3 aromatic rings. The summed E-state index contributed by atoms with van der Waals surface area (Å²) in [5.41, 5.74) is 3.61. The smallest absolute Gasteiger partial charge is 0.117 e. The molecule has 0 aliphatic heterocycles. The predicted octanol–water partition coefficient (Wildman–Crippen LogP) is 2.76. The van der Waals surface area contributed by atoms with Gasteiger partial charge in [-0.25, -0.2) is 0 Å². The molecule has 0 aliphatic rings. The second kappa shape index (κ2) is 4.14. The van der Waals surface area contributed by atoms with Crippen LogP contribution in [0.2, 0.25) is 0 Å². The molecule has 5 heteroatoms. The number of hydrogen-bond acceptors (Lipinski definition) is 3. The number of benzene rings is 1. The zero-order valence-electron chi connectivity index (χ0n) is 8.89. The van der Waals surface area contributed by atoms with Gasteiger partial charge in [-0.2, -0.15) is 0 Å². The lowest BCUT2D eigenvalue weighted by molar-refractivity contribution is 0.855. The summed E-state index contributed by atoms with van der Waals surface area (Å²) in [6, 6.07) is 10.1. The van der Waals surface area contributed by atoms with Crippen molar-refractivity contribution in [1.29, 1.82) is 0 Å². The molecule has 3 rings (SSSR count). The fourth-order valence-electron chi connectivity index (χ4n) is 1.82. The lowest BCUT2D eigenvalue weighted by atomic mass is 10.2. The zero-order valence-corrected chi connectivity index (χ0v) is 9.65. The maximum atomic E-state index is 5.86. The number of alkyl halides is 1. The van der Waals surface area contributed by atoms with E-state index < -0.39 is 0 Å². The fraction of sp³-hybridized carbons (Fsp3) is 0.0833. The number of halogens is 1. The monoisotopic (exact) mass is 244 g/mol. The Morgan fingerprint density at radius 3 is 2.94 bits per heavy atom. The number of fused-ring (bicyclic) bond motifs is 1. The molecule has 0 saturated carbocycles. The van der Waals surface area contributed by atoms with Crippen LogP contribution >= 0.6 is 11.6 Å². The van der Waals surface area contributed by atoms with Gasteiger partial charge in [0.1, 0.15) is 5.69 Å². The van der Waals surface area contributed by atoms with Crippen LogP contribution in [0.25, 0.3) is 22.3 Å². The van der Waals surface area contributed by atoms with Gasteiger partial charge in [0, 0.05) is 16.5 Å². The predicted molar refractivity (Wildman–Crippen MR) is 66.7 cm³/mol. The van der Waals surface area contributed by atoms with Gasteiger partial charge in [-0.1, -0.05) is 18.2 Å². The Kier molecular flexibility index (Phi) is 2.49. The van der Waals surface area contributed by atoms with Gasteiger partial charge < -0.3 is 4.98 Å². The van der Waals surface area contributed by atoms with Crippen molar-refractivity contribution in [2.75, 3.05) is 0 Å². The van der Waals surface area contributed by atoms with E-state index in [1.165, 1.54) is 0 Å². The summed E-state index contributed by atoms with van der Waals surface area (Å²) in [6.07, 6.45) is 1.64. The summed E-state index contributed by atoms with van der Waals surface area (Å²) in [6.45, 7) is 0. The molecule has 0 radical (unpaired) electrons. The topological polar surface area (TPSA) is 54.5 Å². The summed E-state index contributed by atoms with van der Waals surface area (Å²) in [5.74, 6) is 0.368. The second-order valence-electron chi connectivity index (χ2n) is 3.71. The molecule has 0 aliphatic carbocycles. The van der Waals surface area contributed by atoms with Gasteiger partial charge in [-0.3, -0.25) is 0 Å². The molecule has 2 heterocycles. The Bertz CT molecular complexity index is 629. The Labute approximate surface area is 103 Å². The van der Waals surface area contributed by atoms with E-state index in [1.807, 2.05) is 30.3 Å². The van der Waals surface area contributed by atoms with Crippen LogP contribution in [-0.4, -0.2) is 20.4 Å². The first kappa shape index (κ1) is 10.2. The number of para-hydroxylation sites is 1. The second-order valence-corrected chi connectivity index (χ2v) is 3.98. The molecular formula is C12H9ClN4. The SMILES string of the molecule is ClCc1cnnnc1-c1cc2ccccc2[nH]1. The Balaban J connectivity index is 2.20. The highest BCUT2D eigenvalue weighted by Gasteiger charge is 2.09. The molecule has 0 fully saturated rings. The summed E-state index contributed by atoms with van der Waals surface area (Å²) in [5, 5.41) is 12.6. The minimum Gasteiger partial charge on any atom is -0.353 e. The van der Waals surface area contributed by atoms with Crippen molar-refractivity contribution in [3.8, 4) is 11.4 Å². The van der Waals surface area contributed by atoms with Gasteiger partial charge in [0.05, 0.1) is 17.8 Å². The van der Waals surface area contributed by atoms with Crippen LogP contribution in [0.4, 0.5) is 0 Å². The van der Waals surface area contributed by atoms with Crippen molar-refractivity contribution in [2.24, 2.45) is 0 Å². The average molecular weight is 245 g/mol. The maximum absolute atomic E-state index is 5.86. The highest BCUT2D eigenvalue weighted by molar-refractivity contribution is 6.17. The average Bonchev–Trinajstić information content (AvgIpc) is 2.82. The quantitative estimate of drug-likeness (QED) is 0.706. The molecular weight excluding hydrogens is 236 g/mol. The zero-order chi connectivity index (χ0) is 11.7. The van der Waals surface area contributed by atoms with Crippen LogP contribution in [0, 0.1) is 0 Å². The van der Waals surface area contributed by atoms with Crippen molar-refractivity contribution in [2.45, 2.75) is 5.88 Å². The molecule has 0 saturated heterocycles. The van der Waals surface area contributed by atoms with Gasteiger partial charge in [0.25, 0.3) is 0 Å². The summed E-state index contributed by atoms with van der Waals surface area (Å²) < 4.78 is 0. The molecule has 84 valence electrons. The van der Waals surface area contributed by atoms with E-state index in [0.717, 1.165) is 27.9 Å². The van der Waals surface area contributed by atoms with Gasteiger partial charge in [0.15, 0.2) is 0 Å². The third-order valence-electron chi connectivity index (χ3n) is 2.64. The lowest BCUT2D eigenvalue weighted by Crippen LogP contribution is -1.96. The van der Waals surface area contributed by atoms with E-state index in [2.05, 4.69) is 20.4 Å². The standard InChI is InChI=1S/C12H9ClN4/c13-6-9-7-14-17-16-12(9)11-5-8-3-1-2-4-10(8)15-11/h1-5,7,15H,6H2.